The highest BCUT2D eigenvalue weighted by Gasteiger charge is 2.41. The monoisotopic (exact) mass is 290 g/mol. The number of carboxylic acids is 1. The Morgan fingerprint density at radius 3 is 1.80 bits per heavy atom. The zero-order chi connectivity index (χ0) is 15.7. The van der Waals surface area contributed by atoms with Crippen molar-refractivity contribution in [3.05, 3.63) is 35.4 Å². The number of alkyl halides is 3. The number of hydrogen-bond acceptors (Lipinski definition) is 2. The molecule has 0 radical (unpaired) electrons. The van der Waals surface area contributed by atoms with Crippen molar-refractivity contribution in [1.29, 1.82) is 0 Å². The van der Waals surface area contributed by atoms with E-state index < -0.39 is 29.2 Å². The molecule has 2 N–H and O–H groups in total. The highest BCUT2D eigenvalue weighted by molar-refractivity contribution is 5.72. The summed E-state index contributed by atoms with van der Waals surface area (Å²) in [6, 6.07) is 3.90. The predicted molar refractivity (Wildman–Crippen MR) is 67.0 cm³/mol. The Hall–Kier alpha value is -1.56. The Bertz CT molecular complexity index is 475. The summed E-state index contributed by atoms with van der Waals surface area (Å²) in [7, 11) is 0. The van der Waals surface area contributed by atoms with E-state index in [4.69, 9.17) is 0 Å². The molecule has 2 atom stereocenters. The van der Waals surface area contributed by atoms with Crippen LogP contribution >= 0.6 is 0 Å². The second kappa shape index (κ2) is 5.44. The van der Waals surface area contributed by atoms with E-state index in [0.717, 1.165) is 24.3 Å². The van der Waals surface area contributed by atoms with Crippen LogP contribution in [0.5, 0.6) is 0 Å². The van der Waals surface area contributed by atoms with Crippen molar-refractivity contribution in [3.8, 4) is 0 Å². The molecule has 112 valence electrons. The van der Waals surface area contributed by atoms with Crippen LogP contribution < -0.4 is 0 Å². The van der Waals surface area contributed by atoms with Gasteiger partial charge in [0, 0.05) is 0 Å². The highest BCUT2D eigenvalue weighted by Crippen LogP contribution is 2.36. The molecule has 20 heavy (non-hydrogen) atoms. The molecule has 0 saturated carbocycles. The molecule has 0 bridgehead atoms. The topological polar surface area (TPSA) is 57.5 Å². The Kier molecular flexibility index (Phi) is 4.49. The molecule has 0 aliphatic rings. The average molecular weight is 290 g/mol. The molecular weight excluding hydrogens is 273 g/mol. The van der Waals surface area contributed by atoms with Gasteiger partial charge in [-0.25, -0.2) is 0 Å². The molecule has 1 aromatic carbocycles. The van der Waals surface area contributed by atoms with Crippen molar-refractivity contribution in [2.75, 3.05) is 0 Å². The van der Waals surface area contributed by atoms with Gasteiger partial charge in [-0.3, -0.25) is 4.79 Å². The zero-order valence-corrected chi connectivity index (χ0v) is 11.4. The number of hydrogen-bond donors (Lipinski definition) is 2. The number of aliphatic carboxylic acids is 1. The van der Waals surface area contributed by atoms with Gasteiger partial charge in [-0.1, -0.05) is 26.0 Å². The lowest BCUT2D eigenvalue weighted by molar-refractivity contribution is -0.155. The second-order valence-corrected chi connectivity index (χ2v) is 5.28. The lowest BCUT2D eigenvalue weighted by Crippen LogP contribution is -2.40. The second-order valence-electron chi connectivity index (χ2n) is 5.28. The summed E-state index contributed by atoms with van der Waals surface area (Å²) >= 11 is 0. The minimum absolute atomic E-state index is 0.145. The number of rotatable bonds is 4. The molecule has 0 fully saturated rings. The Balaban J connectivity index is 3.18. The van der Waals surface area contributed by atoms with Gasteiger partial charge in [0.2, 0.25) is 0 Å². The highest BCUT2D eigenvalue weighted by atomic mass is 19.4. The van der Waals surface area contributed by atoms with Crippen molar-refractivity contribution in [1.82, 2.24) is 0 Å². The van der Waals surface area contributed by atoms with Crippen molar-refractivity contribution in [3.63, 3.8) is 0 Å². The third kappa shape index (κ3) is 3.30. The molecule has 6 heteroatoms. The van der Waals surface area contributed by atoms with Gasteiger partial charge in [0.1, 0.15) is 5.60 Å². The van der Waals surface area contributed by atoms with Crippen molar-refractivity contribution in [2.24, 2.45) is 11.8 Å². The zero-order valence-electron chi connectivity index (χ0n) is 11.4. The van der Waals surface area contributed by atoms with E-state index >= 15 is 0 Å². The summed E-state index contributed by atoms with van der Waals surface area (Å²) in [5.41, 5.74) is -2.44. The summed E-state index contributed by atoms with van der Waals surface area (Å²) in [5, 5.41) is 19.6. The summed E-state index contributed by atoms with van der Waals surface area (Å²) in [5.74, 6) is -2.67. The summed E-state index contributed by atoms with van der Waals surface area (Å²) < 4.78 is 37.4. The normalized spacial score (nSPS) is 16.8. The third-order valence-corrected chi connectivity index (χ3v) is 3.33. The van der Waals surface area contributed by atoms with E-state index in [1.807, 2.05) is 0 Å². The van der Waals surface area contributed by atoms with E-state index in [0.29, 0.717) is 0 Å². The molecule has 3 nitrogen and oxygen atoms in total. The lowest BCUT2D eigenvalue weighted by atomic mass is 9.76. The SMILES string of the molecule is CC(C)C(C(=O)O)C(C)(O)c1ccc(C(F)(F)F)cc1. The van der Waals surface area contributed by atoms with E-state index in [1.54, 1.807) is 13.8 Å². The first-order valence-corrected chi connectivity index (χ1v) is 6.11. The number of aliphatic hydroxyl groups is 1. The first-order chi connectivity index (χ1) is 8.98. The molecule has 0 saturated heterocycles. The Morgan fingerprint density at radius 1 is 1.10 bits per heavy atom. The summed E-state index contributed by atoms with van der Waals surface area (Å²) in [6.45, 7) is 4.57. The molecule has 0 aromatic heterocycles. The van der Waals surface area contributed by atoms with Crippen LogP contribution in [0.15, 0.2) is 24.3 Å². The van der Waals surface area contributed by atoms with E-state index in [9.17, 15) is 28.2 Å². The molecule has 0 spiro atoms. The fraction of sp³-hybridized carbons (Fsp3) is 0.500. The smallest absolute Gasteiger partial charge is 0.416 e. The first-order valence-electron chi connectivity index (χ1n) is 6.11. The molecule has 1 rings (SSSR count). The molecule has 1 aromatic rings. The van der Waals surface area contributed by atoms with Crippen LogP contribution in [-0.2, 0) is 16.6 Å². The Morgan fingerprint density at radius 2 is 1.50 bits per heavy atom. The van der Waals surface area contributed by atoms with Gasteiger partial charge in [0.25, 0.3) is 0 Å². The number of carboxylic acid groups (broad SMARTS) is 1. The van der Waals surface area contributed by atoms with Gasteiger partial charge in [0.05, 0.1) is 11.5 Å². The maximum absolute atomic E-state index is 12.5. The van der Waals surface area contributed by atoms with Gasteiger partial charge in [0.15, 0.2) is 0 Å². The van der Waals surface area contributed by atoms with Gasteiger partial charge in [-0.2, -0.15) is 13.2 Å². The van der Waals surface area contributed by atoms with Crippen LogP contribution in [-0.4, -0.2) is 16.2 Å². The van der Waals surface area contributed by atoms with Crippen LogP contribution in [0.3, 0.4) is 0 Å². The lowest BCUT2D eigenvalue weighted by Gasteiger charge is -2.33. The standard InChI is InChI=1S/C14H17F3O3/c1-8(2)11(12(18)19)13(3,20)9-4-6-10(7-5-9)14(15,16)17/h4-8,11,20H,1-3H3,(H,18,19). The van der Waals surface area contributed by atoms with Gasteiger partial charge in [-0.05, 0) is 30.5 Å². The van der Waals surface area contributed by atoms with Gasteiger partial charge < -0.3 is 10.2 Å². The van der Waals surface area contributed by atoms with Crippen molar-refractivity contribution >= 4 is 5.97 Å². The average Bonchev–Trinajstić information content (AvgIpc) is 2.26. The number of halogens is 3. The molecular formula is C14H17F3O3. The van der Waals surface area contributed by atoms with E-state index in [2.05, 4.69) is 0 Å². The van der Waals surface area contributed by atoms with Crippen LogP contribution in [0, 0.1) is 11.8 Å². The number of carbonyl (C=O) groups is 1. The first kappa shape index (κ1) is 16.5. The fourth-order valence-electron chi connectivity index (χ4n) is 2.35. The minimum Gasteiger partial charge on any atom is -0.481 e. The summed E-state index contributed by atoms with van der Waals surface area (Å²) in [4.78, 5) is 11.2. The molecule has 0 amide bonds. The van der Waals surface area contributed by atoms with E-state index in [-0.39, 0.29) is 11.5 Å². The van der Waals surface area contributed by atoms with Crippen LogP contribution in [0.25, 0.3) is 0 Å². The van der Waals surface area contributed by atoms with Crippen molar-refractivity contribution in [2.45, 2.75) is 32.5 Å². The Labute approximate surface area is 115 Å². The third-order valence-electron chi connectivity index (χ3n) is 3.33. The summed E-state index contributed by atoms with van der Waals surface area (Å²) in [6.07, 6.45) is -4.46. The predicted octanol–water partition coefficient (Wildman–Crippen LogP) is 3.27. The van der Waals surface area contributed by atoms with Gasteiger partial charge >= 0.3 is 12.1 Å². The van der Waals surface area contributed by atoms with Gasteiger partial charge in [-0.15, -0.1) is 0 Å². The van der Waals surface area contributed by atoms with Crippen LogP contribution in [0.1, 0.15) is 31.9 Å². The molecule has 2 unspecified atom stereocenters. The van der Waals surface area contributed by atoms with E-state index in [1.165, 1.54) is 6.92 Å². The molecule has 0 aliphatic heterocycles. The quantitative estimate of drug-likeness (QED) is 0.894. The molecule has 0 heterocycles. The van der Waals surface area contributed by atoms with Crippen LogP contribution in [0.4, 0.5) is 13.2 Å². The number of benzene rings is 1. The largest absolute Gasteiger partial charge is 0.481 e. The maximum Gasteiger partial charge on any atom is 0.416 e. The molecule has 0 aliphatic carbocycles. The fourth-order valence-corrected chi connectivity index (χ4v) is 2.35. The van der Waals surface area contributed by atoms with Crippen molar-refractivity contribution < 1.29 is 28.2 Å². The van der Waals surface area contributed by atoms with Crippen LogP contribution in [0.2, 0.25) is 0 Å². The minimum atomic E-state index is -4.46. The maximum atomic E-state index is 12.5.